The predicted molar refractivity (Wildman–Crippen MR) is 87.5 cm³/mol. The Kier molecular flexibility index (Phi) is 5.15. The van der Waals surface area contributed by atoms with Gasteiger partial charge >= 0.3 is 5.69 Å². The number of nitrogens with zero attached hydrogens (tertiary/aromatic N) is 4. The minimum Gasteiger partial charge on any atom is -0.370 e. The summed E-state index contributed by atoms with van der Waals surface area (Å²) in [5.41, 5.74) is -1.12. The molecule has 8 heteroatoms. The lowest BCUT2D eigenvalue weighted by Crippen LogP contribution is -2.40. The third-order valence-electron chi connectivity index (χ3n) is 3.39. The largest absolute Gasteiger partial charge is 0.370 e. The lowest BCUT2D eigenvalue weighted by molar-refractivity contribution is 0.684. The molecular weight excluding hydrogens is 296 g/mol. The van der Waals surface area contributed by atoms with Crippen LogP contribution in [-0.4, -0.2) is 27.2 Å². The van der Waals surface area contributed by atoms with Crippen molar-refractivity contribution in [1.82, 2.24) is 14.1 Å². The quantitative estimate of drug-likeness (QED) is 0.741. The number of nitriles is 1. The predicted octanol–water partition coefficient (Wildman–Crippen LogP) is 0.265. The molecule has 2 N–H and O–H groups in total. The van der Waals surface area contributed by atoms with E-state index in [0.29, 0.717) is 13.1 Å². The maximum absolute atomic E-state index is 11.9. The highest BCUT2D eigenvalue weighted by Crippen LogP contribution is 2.07. The molecule has 0 aliphatic carbocycles. The third-order valence-corrected chi connectivity index (χ3v) is 3.39. The minimum absolute atomic E-state index is 0.0627. The standard InChI is InChI=1S/C15H18N6O2/c1-20-13(11(10-16)14(22)21(2)15(20)23)19-9-5-8-18-12-6-3-4-7-17-12/h3-4,6-7,19H,5,8-9H2,1-2H3,(H,17,18). The van der Waals surface area contributed by atoms with E-state index in [1.807, 2.05) is 24.3 Å². The highest BCUT2D eigenvalue weighted by atomic mass is 16.2. The summed E-state index contributed by atoms with van der Waals surface area (Å²) in [6.07, 6.45) is 2.43. The summed E-state index contributed by atoms with van der Waals surface area (Å²) in [6.45, 7) is 1.18. The fraction of sp³-hybridized carbons (Fsp3) is 0.333. The molecule has 0 spiro atoms. The van der Waals surface area contributed by atoms with Crippen molar-refractivity contribution in [2.45, 2.75) is 6.42 Å². The summed E-state index contributed by atoms with van der Waals surface area (Å²) in [7, 11) is 2.88. The molecule has 0 aliphatic rings. The summed E-state index contributed by atoms with van der Waals surface area (Å²) < 4.78 is 2.19. The first-order valence-electron chi connectivity index (χ1n) is 7.15. The monoisotopic (exact) mass is 314 g/mol. The van der Waals surface area contributed by atoms with Crippen molar-refractivity contribution < 1.29 is 0 Å². The Balaban J connectivity index is 2.00. The van der Waals surface area contributed by atoms with Gasteiger partial charge in [-0.2, -0.15) is 5.26 Å². The topological polar surface area (TPSA) is 105 Å². The lowest BCUT2D eigenvalue weighted by Gasteiger charge is -2.13. The molecule has 0 fully saturated rings. The van der Waals surface area contributed by atoms with Crippen LogP contribution in [0, 0.1) is 11.3 Å². The van der Waals surface area contributed by atoms with Gasteiger partial charge in [0.1, 0.15) is 17.7 Å². The van der Waals surface area contributed by atoms with Crippen LogP contribution in [0.1, 0.15) is 12.0 Å². The van der Waals surface area contributed by atoms with Gasteiger partial charge in [-0.05, 0) is 18.6 Å². The number of rotatable bonds is 6. The highest BCUT2D eigenvalue weighted by Gasteiger charge is 2.14. The SMILES string of the molecule is Cn1c(NCCCNc2ccccn2)c(C#N)c(=O)n(C)c1=O. The van der Waals surface area contributed by atoms with Crippen LogP contribution in [0.4, 0.5) is 11.6 Å². The molecule has 0 atom stereocenters. The fourth-order valence-corrected chi connectivity index (χ4v) is 2.13. The molecule has 120 valence electrons. The van der Waals surface area contributed by atoms with Crippen LogP contribution in [0.3, 0.4) is 0 Å². The van der Waals surface area contributed by atoms with Crippen LogP contribution in [0.5, 0.6) is 0 Å². The number of hydrogen-bond acceptors (Lipinski definition) is 6. The van der Waals surface area contributed by atoms with Gasteiger partial charge in [-0.15, -0.1) is 0 Å². The number of aromatic nitrogens is 3. The smallest absolute Gasteiger partial charge is 0.332 e. The Morgan fingerprint density at radius 1 is 1.17 bits per heavy atom. The van der Waals surface area contributed by atoms with Crippen molar-refractivity contribution in [1.29, 1.82) is 5.26 Å². The van der Waals surface area contributed by atoms with Gasteiger partial charge < -0.3 is 10.6 Å². The molecular formula is C15H18N6O2. The lowest BCUT2D eigenvalue weighted by atomic mass is 10.3. The van der Waals surface area contributed by atoms with Gasteiger partial charge in [-0.25, -0.2) is 9.78 Å². The summed E-state index contributed by atoms with van der Waals surface area (Å²) in [5, 5.41) is 15.3. The molecule has 0 bridgehead atoms. The van der Waals surface area contributed by atoms with E-state index in [4.69, 9.17) is 5.26 Å². The molecule has 8 nitrogen and oxygen atoms in total. The Hall–Kier alpha value is -3.08. The van der Waals surface area contributed by atoms with E-state index in [-0.39, 0.29) is 11.4 Å². The second-order valence-corrected chi connectivity index (χ2v) is 4.96. The van der Waals surface area contributed by atoms with Crippen molar-refractivity contribution in [3.63, 3.8) is 0 Å². The Bertz CT molecular complexity index is 832. The molecule has 0 aromatic carbocycles. The first kappa shape index (κ1) is 16.3. The molecule has 0 aliphatic heterocycles. The van der Waals surface area contributed by atoms with Gasteiger partial charge in [0.2, 0.25) is 0 Å². The van der Waals surface area contributed by atoms with E-state index in [9.17, 15) is 9.59 Å². The summed E-state index contributed by atoms with van der Waals surface area (Å²) in [5.74, 6) is 1.03. The number of nitrogens with one attached hydrogen (secondary N) is 2. The van der Waals surface area contributed by atoms with Crippen LogP contribution >= 0.6 is 0 Å². The Morgan fingerprint density at radius 3 is 2.57 bits per heavy atom. The second-order valence-electron chi connectivity index (χ2n) is 4.96. The zero-order valence-corrected chi connectivity index (χ0v) is 13.0. The maximum Gasteiger partial charge on any atom is 0.332 e. The Morgan fingerprint density at radius 2 is 1.91 bits per heavy atom. The third kappa shape index (κ3) is 3.58. The van der Waals surface area contributed by atoms with E-state index in [2.05, 4.69) is 15.6 Å². The average Bonchev–Trinajstić information content (AvgIpc) is 2.58. The number of anilines is 2. The molecule has 0 saturated carbocycles. The van der Waals surface area contributed by atoms with Gasteiger partial charge in [0.05, 0.1) is 0 Å². The van der Waals surface area contributed by atoms with Crippen molar-refractivity contribution >= 4 is 11.6 Å². The van der Waals surface area contributed by atoms with E-state index in [1.165, 1.54) is 18.7 Å². The van der Waals surface area contributed by atoms with Crippen LogP contribution in [0.2, 0.25) is 0 Å². The molecule has 2 aromatic rings. The van der Waals surface area contributed by atoms with Crippen molar-refractivity contribution in [2.75, 3.05) is 23.7 Å². The molecule has 0 radical (unpaired) electrons. The van der Waals surface area contributed by atoms with Crippen molar-refractivity contribution in [2.24, 2.45) is 14.1 Å². The number of hydrogen-bond donors (Lipinski definition) is 2. The zero-order chi connectivity index (χ0) is 16.8. The van der Waals surface area contributed by atoms with Crippen LogP contribution in [-0.2, 0) is 14.1 Å². The number of pyridine rings is 1. The normalized spacial score (nSPS) is 10.1. The van der Waals surface area contributed by atoms with Crippen molar-refractivity contribution in [3.05, 3.63) is 50.8 Å². The summed E-state index contributed by atoms with van der Waals surface area (Å²) in [6, 6.07) is 7.46. The van der Waals surface area contributed by atoms with Gasteiger partial charge in [-0.3, -0.25) is 13.9 Å². The van der Waals surface area contributed by atoms with E-state index >= 15 is 0 Å². The summed E-state index contributed by atoms with van der Waals surface area (Å²) >= 11 is 0. The van der Waals surface area contributed by atoms with Crippen LogP contribution in [0.15, 0.2) is 34.0 Å². The maximum atomic E-state index is 11.9. The van der Waals surface area contributed by atoms with E-state index in [1.54, 1.807) is 6.20 Å². The summed E-state index contributed by atoms with van der Waals surface area (Å²) in [4.78, 5) is 28.0. The molecule has 2 aromatic heterocycles. The van der Waals surface area contributed by atoms with Gasteiger partial charge in [0.15, 0.2) is 5.56 Å². The Labute approximate surface area is 133 Å². The first-order chi connectivity index (χ1) is 11.1. The van der Waals surface area contributed by atoms with Gasteiger partial charge in [0.25, 0.3) is 5.56 Å². The fourth-order valence-electron chi connectivity index (χ4n) is 2.13. The second kappa shape index (κ2) is 7.26. The van der Waals surface area contributed by atoms with Gasteiger partial charge in [0, 0.05) is 33.4 Å². The van der Waals surface area contributed by atoms with Crippen molar-refractivity contribution in [3.8, 4) is 6.07 Å². The van der Waals surface area contributed by atoms with Crippen LogP contribution < -0.4 is 21.9 Å². The molecule has 0 amide bonds. The average molecular weight is 314 g/mol. The zero-order valence-electron chi connectivity index (χ0n) is 13.0. The van der Waals surface area contributed by atoms with Crippen LogP contribution in [0.25, 0.3) is 0 Å². The van der Waals surface area contributed by atoms with E-state index in [0.717, 1.165) is 16.8 Å². The van der Waals surface area contributed by atoms with Gasteiger partial charge in [-0.1, -0.05) is 6.07 Å². The molecule has 23 heavy (non-hydrogen) atoms. The molecule has 2 rings (SSSR count). The first-order valence-corrected chi connectivity index (χ1v) is 7.15. The molecule has 0 saturated heterocycles. The minimum atomic E-state index is -0.593. The molecule has 2 heterocycles. The highest BCUT2D eigenvalue weighted by molar-refractivity contribution is 5.51. The van der Waals surface area contributed by atoms with E-state index < -0.39 is 11.2 Å². The molecule has 0 unspecified atom stereocenters.